The van der Waals surface area contributed by atoms with E-state index in [9.17, 15) is 4.79 Å². The largest absolute Gasteiger partial charge is 0.377 e. The third-order valence-electron chi connectivity index (χ3n) is 3.86. The Bertz CT molecular complexity index is 257. The molecule has 0 aromatic carbocycles. The van der Waals surface area contributed by atoms with Crippen molar-refractivity contribution >= 4 is 5.91 Å². The van der Waals surface area contributed by atoms with Crippen LogP contribution >= 0.6 is 0 Å². The third kappa shape index (κ3) is 2.23. The minimum Gasteiger partial charge on any atom is -0.377 e. The molecule has 3 unspecified atom stereocenters. The summed E-state index contributed by atoms with van der Waals surface area (Å²) in [5.74, 6) is 0.896. The molecule has 0 spiro atoms. The van der Waals surface area contributed by atoms with E-state index in [1.54, 1.807) is 0 Å². The van der Waals surface area contributed by atoms with Crippen molar-refractivity contribution in [3.63, 3.8) is 0 Å². The normalized spacial score (nSPS) is 34.6. The first-order valence-corrected chi connectivity index (χ1v) is 6.36. The first-order valence-electron chi connectivity index (χ1n) is 6.36. The lowest BCUT2D eigenvalue weighted by Gasteiger charge is -2.23. The summed E-state index contributed by atoms with van der Waals surface area (Å²) in [5, 5.41) is 0. The SMILES string of the molecule is CCC1OCCC1C(=O)N1CCC(CN)C1. The van der Waals surface area contributed by atoms with Crippen LogP contribution in [-0.2, 0) is 9.53 Å². The monoisotopic (exact) mass is 226 g/mol. The van der Waals surface area contributed by atoms with Crippen LogP contribution in [-0.4, -0.2) is 43.2 Å². The number of nitrogens with zero attached hydrogens (tertiary/aromatic N) is 1. The number of ether oxygens (including phenoxy) is 1. The van der Waals surface area contributed by atoms with Gasteiger partial charge in [0.05, 0.1) is 12.0 Å². The summed E-state index contributed by atoms with van der Waals surface area (Å²) in [5.41, 5.74) is 5.64. The second-order valence-electron chi connectivity index (χ2n) is 4.89. The zero-order valence-electron chi connectivity index (χ0n) is 10.0. The predicted molar refractivity (Wildman–Crippen MR) is 61.9 cm³/mol. The van der Waals surface area contributed by atoms with Crippen molar-refractivity contribution in [2.45, 2.75) is 32.3 Å². The Morgan fingerprint density at radius 2 is 2.31 bits per heavy atom. The second-order valence-corrected chi connectivity index (χ2v) is 4.89. The highest BCUT2D eigenvalue weighted by Crippen LogP contribution is 2.27. The Kier molecular flexibility index (Phi) is 3.82. The number of amides is 1. The topological polar surface area (TPSA) is 55.6 Å². The van der Waals surface area contributed by atoms with Gasteiger partial charge in [-0.05, 0) is 31.7 Å². The molecule has 2 aliphatic rings. The van der Waals surface area contributed by atoms with Gasteiger partial charge in [0.25, 0.3) is 0 Å². The molecule has 2 N–H and O–H groups in total. The van der Waals surface area contributed by atoms with Crippen LogP contribution in [0.2, 0.25) is 0 Å². The van der Waals surface area contributed by atoms with Crippen LogP contribution in [0.1, 0.15) is 26.2 Å². The molecule has 92 valence electrons. The summed E-state index contributed by atoms with van der Waals surface area (Å²) < 4.78 is 5.58. The Labute approximate surface area is 97.1 Å². The quantitative estimate of drug-likeness (QED) is 0.767. The lowest BCUT2D eigenvalue weighted by Crippen LogP contribution is -2.38. The molecule has 0 bridgehead atoms. The van der Waals surface area contributed by atoms with E-state index in [-0.39, 0.29) is 12.0 Å². The van der Waals surface area contributed by atoms with E-state index in [0.29, 0.717) is 18.4 Å². The fraction of sp³-hybridized carbons (Fsp3) is 0.917. The molecule has 2 fully saturated rings. The first-order chi connectivity index (χ1) is 7.76. The van der Waals surface area contributed by atoms with Gasteiger partial charge >= 0.3 is 0 Å². The summed E-state index contributed by atoms with van der Waals surface area (Å²) >= 11 is 0. The molecule has 0 aromatic heterocycles. The maximum absolute atomic E-state index is 12.3. The van der Waals surface area contributed by atoms with Gasteiger partial charge in [0.1, 0.15) is 0 Å². The van der Waals surface area contributed by atoms with E-state index in [1.807, 2.05) is 4.90 Å². The first kappa shape index (κ1) is 11.9. The van der Waals surface area contributed by atoms with Crippen LogP contribution in [0.4, 0.5) is 0 Å². The molecular weight excluding hydrogens is 204 g/mol. The molecule has 1 amide bonds. The summed E-state index contributed by atoms with van der Waals surface area (Å²) in [4.78, 5) is 14.3. The van der Waals surface area contributed by atoms with Crippen molar-refractivity contribution in [1.82, 2.24) is 4.90 Å². The van der Waals surface area contributed by atoms with Gasteiger partial charge in [0.2, 0.25) is 5.91 Å². The van der Waals surface area contributed by atoms with Crippen LogP contribution in [0.15, 0.2) is 0 Å². The number of nitrogens with two attached hydrogens (primary N) is 1. The molecule has 2 saturated heterocycles. The van der Waals surface area contributed by atoms with Gasteiger partial charge in [-0.25, -0.2) is 0 Å². The lowest BCUT2D eigenvalue weighted by molar-refractivity contribution is -0.136. The molecule has 3 atom stereocenters. The zero-order valence-corrected chi connectivity index (χ0v) is 10.0. The Hall–Kier alpha value is -0.610. The van der Waals surface area contributed by atoms with Gasteiger partial charge in [0, 0.05) is 19.7 Å². The average molecular weight is 226 g/mol. The molecule has 0 aliphatic carbocycles. The van der Waals surface area contributed by atoms with Gasteiger partial charge in [-0.1, -0.05) is 6.92 Å². The van der Waals surface area contributed by atoms with E-state index < -0.39 is 0 Å². The van der Waals surface area contributed by atoms with Crippen molar-refractivity contribution in [1.29, 1.82) is 0 Å². The van der Waals surface area contributed by atoms with Gasteiger partial charge in [-0.2, -0.15) is 0 Å². The molecule has 0 radical (unpaired) electrons. The fourth-order valence-electron chi connectivity index (χ4n) is 2.79. The van der Waals surface area contributed by atoms with E-state index in [2.05, 4.69) is 6.92 Å². The van der Waals surface area contributed by atoms with E-state index in [1.165, 1.54) is 0 Å². The van der Waals surface area contributed by atoms with Crippen molar-refractivity contribution in [2.75, 3.05) is 26.2 Å². The Morgan fingerprint density at radius 1 is 1.50 bits per heavy atom. The minimum absolute atomic E-state index is 0.0986. The zero-order chi connectivity index (χ0) is 11.5. The molecule has 16 heavy (non-hydrogen) atoms. The summed E-state index contributed by atoms with van der Waals surface area (Å²) in [6.07, 6.45) is 3.03. The highest BCUT2D eigenvalue weighted by atomic mass is 16.5. The summed E-state index contributed by atoms with van der Waals surface area (Å²) in [7, 11) is 0. The number of rotatable bonds is 3. The molecule has 2 rings (SSSR count). The molecule has 4 nitrogen and oxygen atoms in total. The third-order valence-corrected chi connectivity index (χ3v) is 3.86. The van der Waals surface area contributed by atoms with E-state index in [4.69, 9.17) is 10.5 Å². The van der Waals surface area contributed by atoms with Gasteiger partial charge in [-0.15, -0.1) is 0 Å². The number of carbonyl (C=O) groups excluding carboxylic acids is 1. The second kappa shape index (κ2) is 5.15. The van der Waals surface area contributed by atoms with E-state index >= 15 is 0 Å². The average Bonchev–Trinajstić information content (AvgIpc) is 2.96. The number of hydrogen-bond donors (Lipinski definition) is 1. The van der Waals surface area contributed by atoms with Gasteiger partial charge in [0.15, 0.2) is 0 Å². The van der Waals surface area contributed by atoms with Gasteiger partial charge < -0.3 is 15.4 Å². The predicted octanol–water partition coefficient (Wildman–Crippen LogP) is 0.609. The maximum Gasteiger partial charge on any atom is 0.228 e. The van der Waals surface area contributed by atoms with Crippen molar-refractivity contribution < 1.29 is 9.53 Å². The summed E-state index contributed by atoms with van der Waals surface area (Å²) in [6.45, 7) is 5.25. The molecule has 2 aliphatic heterocycles. The van der Waals surface area contributed by atoms with Crippen LogP contribution in [0, 0.1) is 11.8 Å². The molecule has 2 heterocycles. The number of hydrogen-bond acceptors (Lipinski definition) is 3. The van der Waals surface area contributed by atoms with E-state index in [0.717, 1.165) is 39.0 Å². The minimum atomic E-state index is 0.0986. The van der Waals surface area contributed by atoms with Crippen LogP contribution < -0.4 is 5.73 Å². The maximum atomic E-state index is 12.3. The highest BCUT2D eigenvalue weighted by molar-refractivity contribution is 5.80. The fourth-order valence-corrected chi connectivity index (χ4v) is 2.79. The van der Waals surface area contributed by atoms with Crippen molar-refractivity contribution in [3.8, 4) is 0 Å². The molecule has 0 saturated carbocycles. The number of carbonyl (C=O) groups is 1. The lowest BCUT2D eigenvalue weighted by atomic mass is 9.98. The standard InChI is InChI=1S/C12H22N2O2/c1-2-11-10(4-6-16-11)12(15)14-5-3-9(7-13)8-14/h9-11H,2-8,13H2,1H3. The Balaban J connectivity index is 1.92. The number of likely N-dealkylation sites (tertiary alicyclic amines) is 1. The van der Waals surface area contributed by atoms with Crippen LogP contribution in [0.5, 0.6) is 0 Å². The molecule has 4 heteroatoms. The highest BCUT2D eigenvalue weighted by Gasteiger charge is 2.37. The van der Waals surface area contributed by atoms with Crippen LogP contribution in [0.25, 0.3) is 0 Å². The summed E-state index contributed by atoms with van der Waals surface area (Å²) in [6, 6.07) is 0. The molecular formula is C12H22N2O2. The van der Waals surface area contributed by atoms with Crippen LogP contribution in [0.3, 0.4) is 0 Å². The molecule has 0 aromatic rings. The van der Waals surface area contributed by atoms with Gasteiger partial charge in [-0.3, -0.25) is 4.79 Å². The smallest absolute Gasteiger partial charge is 0.228 e. The Morgan fingerprint density at radius 3 is 2.94 bits per heavy atom. The van der Waals surface area contributed by atoms with Crippen molar-refractivity contribution in [3.05, 3.63) is 0 Å². The van der Waals surface area contributed by atoms with Crippen molar-refractivity contribution in [2.24, 2.45) is 17.6 Å².